The molecule has 19 heavy (non-hydrogen) atoms. The molecular formula is C16H19ClN2. The van der Waals surface area contributed by atoms with E-state index in [1.165, 1.54) is 18.2 Å². The number of hydrogen-bond donors (Lipinski definition) is 1. The summed E-state index contributed by atoms with van der Waals surface area (Å²) < 4.78 is 0. The summed E-state index contributed by atoms with van der Waals surface area (Å²) in [6, 6.07) is 12.4. The summed E-state index contributed by atoms with van der Waals surface area (Å²) in [6.45, 7) is 1.01. The largest absolute Gasteiger partial charge is 0.370 e. The SMILES string of the molecule is ClC1CCC(CNc2ccc3ccccc3n2)CC1. The van der Waals surface area contributed by atoms with Gasteiger partial charge in [0.15, 0.2) is 0 Å². The Labute approximate surface area is 119 Å². The van der Waals surface area contributed by atoms with Crippen LogP contribution in [0.15, 0.2) is 36.4 Å². The van der Waals surface area contributed by atoms with Crippen LogP contribution in [0.25, 0.3) is 10.9 Å². The number of para-hydroxylation sites is 1. The van der Waals surface area contributed by atoms with Crippen molar-refractivity contribution in [1.82, 2.24) is 4.98 Å². The zero-order valence-electron chi connectivity index (χ0n) is 11.0. The first-order chi connectivity index (χ1) is 9.31. The molecule has 1 fully saturated rings. The number of rotatable bonds is 3. The van der Waals surface area contributed by atoms with E-state index in [1.807, 2.05) is 12.1 Å². The van der Waals surface area contributed by atoms with Crippen molar-refractivity contribution in [1.29, 1.82) is 0 Å². The lowest BCUT2D eigenvalue weighted by molar-refractivity contribution is 0.377. The third-order valence-electron chi connectivity index (χ3n) is 3.95. The molecular weight excluding hydrogens is 256 g/mol. The molecule has 1 saturated carbocycles. The van der Waals surface area contributed by atoms with Crippen LogP contribution in [0.1, 0.15) is 25.7 Å². The van der Waals surface area contributed by atoms with Gasteiger partial charge in [0.25, 0.3) is 0 Å². The molecule has 1 aromatic heterocycles. The van der Waals surface area contributed by atoms with E-state index in [-0.39, 0.29) is 0 Å². The quantitative estimate of drug-likeness (QED) is 0.837. The van der Waals surface area contributed by atoms with Crippen LogP contribution in [0.5, 0.6) is 0 Å². The van der Waals surface area contributed by atoms with Gasteiger partial charge in [0.2, 0.25) is 0 Å². The van der Waals surface area contributed by atoms with Gasteiger partial charge in [-0.15, -0.1) is 11.6 Å². The number of aromatic nitrogens is 1. The zero-order valence-corrected chi connectivity index (χ0v) is 11.7. The third-order valence-corrected chi connectivity index (χ3v) is 4.38. The number of anilines is 1. The van der Waals surface area contributed by atoms with Gasteiger partial charge in [-0.25, -0.2) is 4.98 Å². The van der Waals surface area contributed by atoms with Crippen LogP contribution in [-0.4, -0.2) is 16.9 Å². The Morgan fingerprint density at radius 2 is 1.84 bits per heavy atom. The Kier molecular flexibility index (Phi) is 3.88. The van der Waals surface area contributed by atoms with Gasteiger partial charge < -0.3 is 5.32 Å². The number of hydrogen-bond acceptors (Lipinski definition) is 2. The fourth-order valence-electron chi connectivity index (χ4n) is 2.74. The normalized spacial score (nSPS) is 23.4. The van der Waals surface area contributed by atoms with Crippen LogP contribution in [0.2, 0.25) is 0 Å². The molecule has 0 radical (unpaired) electrons. The Morgan fingerprint density at radius 3 is 2.68 bits per heavy atom. The van der Waals surface area contributed by atoms with Gasteiger partial charge in [0.1, 0.15) is 5.82 Å². The van der Waals surface area contributed by atoms with Crippen molar-refractivity contribution < 1.29 is 0 Å². The molecule has 0 spiro atoms. The second-order valence-corrected chi connectivity index (χ2v) is 6.01. The van der Waals surface area contributed by atoms with Gasteiger partial charge in [-0.2, -0.15) is 0 Å². The van der Waals surface area contributed by atoms with Crippen LogP contribution < -0.4 is 5.32 Å². The first kappa shape index (κ1) is 12.7. The maximum Gasteiger partial charge on any atom is 0.126 e. The lowest BCUT2D eigenvalue weighted by atomic mass is 9.89. The molecule has 2 nitrogen and oxygen atoms in total. The molecule has 3 heteroatoms. The lowest BCUT2D eigenvalue weighted by Crippen LogP contribution is -2.21. The van der Waals surface area contributed by atoms with Crippen molar-refractivity contribution in [3.63, 3.8) is 0 Å². The average molecular weight is 275 g/mol. The molecule has 1 aliphatic carbocycles. The molecule has 1 N–H and O–H groups in total. The van der Waals surface area contributed by atoms with Crippen LogP contribution in [0, 0.1) is 5.92 Å². The fourth-order valence-corrected chi connectivity index (χ4v) is 2.99. The summed E-state index contributed by atoms with van der Waals surface area (Å²) in [7, 11) is 0. The molecule has 0 amide bonds. The van der Waals surface area contributed by atoms with Crippen molar-refractivity contribution in [2.75, 3.05) is 11.9 Å². The summed E-state index contributed by atoms with van der Waals surface area (Å²) in [5.74, 6) is 1.72. The number of nitrogens with one attached hydrogen (secondary N) is 1. The second kappa shape index (κ2) is 5.79. The number of benzene rings is 1. The monoisotopic (exact) mass is 274 g/mol. The predicted octanol–water partition coefficient (Wildman–Crippen LogP) is 4.44. The standard InChI is InChI=1S/C16H19ClN2/c17-14-8-5-12(6-9-14)11-18-16-10-7-13-3-1-2-4-15(13)19-16/h1-4,7,10,12,14H,5-6,8-9,11H2,(H,18,19). The van der Waals surface area contributed by atoms with Crippen LogP contribution in [-0.2, 0) is 0 Å². The molecule has 0 atom stereocenters. The molecule has 0 bridgehead atoms. The van der Waals surface area contributed by atoms with Gasteiger partial charge in [0, 0.05) is 17.3 Å². The third kappa shape index (κ3) is 3.19. The topological polar surface area (TPSA) is 24.9 Å². The molecule has 0 aliphatic heterocycles. The number of alkyl halides is 1. The Hall–Kier alpha value is -1.28. The number of pyridine rings is 1. The van der Waals surface area contributed by atoms with Gasteiger partial charge in [-0.1, -0.05) is 18.2 Å². The molecule has 1 heterocycles. The minimum absolute atomic E-state index is 0.398. The van der Waals surface area contributed by atoms with E-state index in [2.05, 4.69) is 34.6 Å². The minimum atomic E-state index is 0.398. The molecule has 100 valence electrons. The molecule has 3 rings (SSSR count). The van der Waals surface area contributed by atoms with Gasteiger partial charge >= 0.3 is 0 Å². The highest BCUT2D eigenvalue weighted by molar-refractivity contribution is 6.20. The van der Waals surface area contributed by atoms with E-state index in [0.717, 1.165) is 36.6 Å². The van der Waals surface area contributed by atoms with Crippen molar-refractivity contribution in [2.45, 2.75) is 31.1 Å². The van der Waals surface area contributed by atoms with E-state index in [1.54, 1.807) is 0 Å². The maximum absolute atomic E-state index is 6.13. The molecule has 0 saturated heterocycles. The summed E-state index contributed by atoms with van der Waals surface area (Å²) in [4.78, 5) is 4.64. The van der Waals surface area contributed by atoms with E-state index < -0.39 is 0 Å². The minimum Gasteiger partial charge on any atom is -0.370 e. The van der Waals surface area contributed by atoms with Crippen molar-refractivity contribution in [2.24, 2.45) is 5.92 Å². The van der Waals surface area contributed by atoms with E-state index >= 15 is 0 Å². The summed E-state index contributed by atoms with van der Waals surface area (Å²) in [6.07, 6.45) is 4.77. The molecule has 1 aromatic carbocycles. The Balaban J connectivity index is 1.62. The smallest absolute Gasteiger partial charge is 0.126 e. The first-order valence-electron chi connectivity index (χ1n) is 7.05. The first-order valence-corrected chi connectivity index (χ1v) is 7.48. The van der Waals surface area contributed by atoms with Gasteiger partial charge in [-0.05, 0) is 49.8 Å². The van der Waals surface area contributed by atoms with Crippen LogP contribution in [0.3, 0.4) is 0 Å². The summed E-state index contributed by atoms with van der Waals surface area (Å²) in [5, 5.41) is 5.06. The van der Waals surface area contributed by atoms with Crippen LogP contribution in [0.4, 0.5) is 5.82 Å². The second-order valence-electron chi connectivity index (χ2n) is 5.39. The predicted molar refractivity (Wildman–Crippen MR) is 81.8 cm³/mol. The zero-order chi connectivity index (χ0) is 13.1. The molecule has 2 aromatic rings. The molecule has 0 unspecified atom stereocenters. The Bertz CT molecular complexity index is 547. The van der Waals surface area contributed by atoms with E-state index in [0.29, 0.717) is 5.38 Å². The summed E-state index contributed by atoms with van der Waals surface area (Å²) >= 11 is 6.13. The van der Waals surface area contributed by atoms with Crippen LogP contribution >= 0.6 is 11.6 Å². The van der Waals surface area contributed by atoms with Gasteiger partial charge in [-0.3, -0.25) is 0 Å². The Morgan fingerprint density at radius 1 is 1.05 bits per heavy atom. The van der Waals surface area contributed by atoms with Crippen molar-refractivity contribution >= 4 is 28.3 Å². The highest BCUT2D eigenvalue weighted by atomic mass is 35.5. The van der Waals surface area contributed by atoms with E-state index in [4.69, 9.17) is 11.6 Å². The highest BCUT2D eigenvalue weighted by Crippen LogP contribution is 2.27. The van der Waals surface area contributed by atoms with Crippen molar-refractivity contribution in [3.8, 4) is 0 Å². The lowest BCUT2D eigenvalue weighted by Gasteiger charge is -2.25. The average Bonchev–Trinajstić information content (AvgIpc) is 2.46. The van der Waals surface area contributed by atoms with Crippen molar-refractivity contribution in [3.05, 3.63) is 36.4 Å². The summed E-state index contributed by atoms with van der Waals surface area (Å²) in [5.41, 5.74) is 1.05. The number of halogens is 1. The highest BCUT2D eigenvalue weighted by Gasteiger charge is 2.19. The number of fused-ring (bicyclic) bond motifs is 1. The number of nitrogens with zero attached hydrogens (tertiary/aromatic N) is 1. The van der Waals surface area contributed by atoms with E-state index in [9.17, 15) is 0 Å². The molecule has 1 aliphatic rings. The fraction of sp³-hybridized carbons (Fsp3) is 0.438. The maximum atomic E-state index is 6.13. The van der Waals surface area contributed by atoms with Gasteiger partial charge in [0.05, 0.1) is 5.52 Å².